The Morgan fingerprint density at radius 1 is 1.37 bits per heavy atom. The number of hydrogen-bond acceptors (Lipinski definition) is 4. The van der Waals surface area contributed by atoms with Gasteiger partial charge in [0, 0.05) is 59.3 Å². The number of aliphatic imine (C=N–C) groups is 1. The molecule has 2 N–H and O–H groups in total. The molecule has 0 spiro atoms. The highest BCUT2D eigenvalue weighted by atomic mass is 16.5. The molecule has 150 valence electrons. The van der Waals surface area contributed by atoms with Crippen LogP contribution in [-0.4, -0.2) is 63.3 Å². The van der Waals surface area contributed by atoms with Crippen LogP contribution in [0.1, 0.15) is 31.7 Å². The van der Waals surface area contributed by atoms with E-state index >= 15 is 0 Å². The van der Waals surface area contributed by atoms with Crippen LogP contribution in [0.4, 0.5) is 0 Å². The van der Waals surface area contributed by atoms with Gasteiger partial charge >= 0.3 is 0 Å². The van der Waals surface area contributed by atoms with E-state index in [-0.39, 0.29) is 11.9 Å². The first-order valence-corrected chi connectivity index (χ1v) is 9.62. The minimum absolute atomic E-state index is 0.213. The largest absolute Gasteiger partial charge is 0.493 e. The molecule has 1 aromatic carbocycles. The predicted molar refractivity (Wildman–Crippen MR) is 107 cm³/mol. The van der Waals surface area contributed by atoms with Crippen molar-refractivity contribution in [2.75, 3.05) is 40.5 Å². The number of benzene rings is 1. The number of guanidine groups is 1. The minimum Gasteiger partial charge on any atom is -0.493 e. The van der Waals surface area contributed by atoms with Gasteiger partial charge in [0.05, 0.1) is 6.61 Å². The van der Waals surface area contributed by atoms with Gasteiger partial charge in [-0.2, -0.15) is 0 Å². The van der Waals surface area contributed by atoms with Gasteiger partial charge in [-0.25, -0.2) is 0 Å². The monoisotopic (exact) mass is 376 g/mol. The van der Waals surface area contributed by atoms with E-state index in [0.717, 1.165) is 43.2 Å². The summed E-state index contributed by atoms with van der Waals surface area (Å²) in [5.74, 6) is 1.82. The number of carbonyl (C=O) groups excluding carboxylic acids is 1. The lowest BCUT2D eigenvalue weighted by molar-refractivity contribution is -0.129. The molecule has 1 heterocycles. The topological polar surface area (TPSA) is 75.2 Å². The standard InChI is InChI=1S/C20H32N4O3/c1-4-19(25)24-10-9-17(15-24)23-20(21-2)22-14-16-7-5-8-18(13-16)27-12-6-11-26-3/h5,7-8,13,17H,4,6,9-12,14-15H2,1-3H3,(H2,21,22,23). The Balaban J connectivity index is 1.78. The van der Waals surface area contributed by atoms with Crippen LogP contribution in [0.25, 0.3) is 0 Å². The Hall–Kier alpha value is -2.28. The average molecular weight is 377 g/mol. The number of ether oxygens (including phenoxy) is 2. The summed E-state index contributed by atoms with van der Waals surface area (Å²) in [5.41, 5.74) is 1.12. The normalized spacial score (nSPS) is 17.1. The van der Waals surface area contributed by atoms with E-state index in [4.69, 9.17) is 9.47 Å². The van der Waals surface area contributed by atoms with Gasteiger partial charge in [0.15, 0.2) is 5.96 Å². The Morgan fingerprint density at radius 2 is 2.22 bits per heavy atom. The van der Waals surface area contributed by atoms with Crippen molar-refractivity contribution in [3.63, 3.8) is 0 Å². The highest BCUT2D eigenvalue weighted by Crippen LogP contribution is 2.14. The van der Waals surface area contributed by atoms with Gasteiger partial charge in [-0.3, -0.25) is 9.79 Å². The van der Waals surface area contributed by atoms with Crippen LogP contribution in [0.15, 0.2) is 29.3 Å². The van der Waals surface area contributed by atoms with Crippen LogP contribution >= 0.6 is 0 Å². The smallest absolute Gasteiger partial charge is 0.222 e. The van der Waals surface area contributed by atoms with Crippen LogP contribution < -0.4 is 15.4 Å². The third-order valence-electron chi connectivity index (χ3n) is 4.53. The first kappa shape index (κ1) is 21.0. The molecule has 0 radical (unpaired) electrons. The molecular weight excluding hydrogens is 344 g/mol. The maximum absolute atomic E-state index is 11.8. The molecule has 1 aliphatic rings. The first-order valence-electron chi connectivity index (χ1n) is 9.62. The molecule has 0 bridgehead atoms. The Bertz CT molecular complexity index is 621. The molecule has 0 saturated carbocycles. The van der Waals surface area contributed by atoms with Crippen LogP contribution in [-0.2, 0) is 16.1 Å². The number of amides is 1. The lowest BCUT2D eigenvalue weighted by atomic mass is 10.2. The summed E-state index contributed by atoms with van der Waals surface area (Å²) >= 11 is 0. The fourth-order valence-corrected chi connectivity index (χ4v) is 3.04. The van der Waals surface area contributed by atoms with Gasteiger partial charge in [-0.05, 0) is 24.1 Å². The van der Waals surface area contributed by atoms with E-state index in [1.54, 1.807) is 14.2 Å². The molecule has 0 aliphatic carbocycles. The van der Waals surface area contributed by atoms with Gasteiger partial charge in [0.25, 0.3) is 0 Å². The van der Waals surface area contributed by atoms with Crippen molar-refractivity contribution in [3.8, 4) is 5.75 Å². The van der Waals surface area contributed by atoms with Crippen molar-refractivity contribution < 1.29 is 14.3 Å². The van der Waals surface area contributed by atoms with Gasteiger partial charge in [0.2, 0.25) is 5.91 Å². The van der Waals surface area contributed by atoms with E-state index in [1.165, 1.54) is 0 Å². The Morgan fingerprint density at radius 3 is 2.96 bits per heavy atom. The third-order valence-corrected chi connectivity index (χ3v) is 4.53. The predicted octanol–water partition coefficient (Wildman–Crippen LogP) is 1.78. The number of rotatable bonds is 9. The second-order valence-corrected chi connectivity index (χ2v) is 6.59. The van der Waals surface area contributed by atoms with Crippen molar-refractivity contribution >= 4 is 11.9 Å². The van der Waals surface area contributed by atoms with Crippen molar-refractivity contribution in [2.24, 2.45) is 4.99 Å². The SMILES string of the molecule is CCC(=O)N1CCC(NC(=NC)NCc2cccc(OCCCOC)c2)C1. The zero-order valence-electron chi connectivity index (χ0n) is 16.7. The molecule has 1 amide bonds. The molecular formula is C20H32N4O3. The van der Waals surface area contributed by atoms with Crippen LogP contribution in [0, 0.1) is 0 Å². The maximum atomic E-state index is 11.8. The van der Waals surface area contributed by atoms with Gasteiger partial charge in [-0.1, -0.05) is 19.1 Å². The molecule has 2 rings (SSSR count). The van der Waals surface area contributed by atoms with Crippen LogP contribution in [0.2, 0.25) is 0 Å². The highest BCUT2D eigenvalue weighted by molar-refractivity contribution is 5.80. The lowest BCUT2D eigenvalue weighted by Gasteiger charge is -2.19. The molecule has 1 unspecified atom stereocenters. The molecule has 27 heavy (non-hydrogen) atoms. The maximum Gasteiger partial charge on any atom is 0.222 e. The summed E-state index contributed by atoms with van der Waals surface area (Å²) in [4.78, 5) is 18.0. The zero-order chi connectivity index (χ0) is 19.5. The number of methoxy groups -OCH3 is 1. The summed E-state index contributed by atoms with van der Waals surface area (Å²) in [7, 11) is 3.45. The molecule has 0 aromatic heterocycles. The summed E-state index contributed by atoms with van der Waals surface area (Å²) < 4.78 is 10.8. The minimum atomic E-state index is 0.213. The number of likely N-dealkylation sites (tertiary alicyclic amines) is 1. The summed E-state index contributed by atoms with van der Waals surface area (Å²) in [5, 5.41) is 6.74. The first-order chi connectivity index (χ1) is 13.2. The van der Waals surface area contributed by atoms with E-state index in [0.29, 0.717) is 26.2 Å². The third kappa shape index (κ3) is 7.09. The zero-order valence-corrected chi connectivity index (χ0v) is 16.7. The van der Waals surface area contributed by atoms with Crippen molar-refractivity contribution in [1.82, 2.24) is 15.5 Å². The van der Waals surface area contributed by atoms with E-state index in [9.17, 15) is 4.79 Å². The Kier molecular flexibility index (Phi) is 8.91. The Labute approximate surface area is 162 Å². The van der Waals surface area contributed by atoms with Gasteiger partial charge < -0.3 is 25.0 Å². The summed E-state index contributed by atoms with van der Waals surface area (Å²) in [6.45, 7) is 5.44. The van der Waals surface area contributed by atoms with Crippen molar-refractivity contribution in [3.05, 3.63) is 29.8 Å². The molecule has 7 nitrogen and oxygen atoms in total. The molecule has 1 aliphatic heterocycles. The molecule has 1 saturated heterocycles. The average Bonchev–Trinajstić information content (AvgIpc) is 3.16. The second-order valence-electron chi connectivity index (χ2n) is 6.59. The van der Waals surface area contributed by atoms with E-state index < -0.39 is 0 Å². The number of nitrogens with one attached hydrogen (secondary N) is 2. The molecule has 1 aromatic rings. The van der Waals surface area contributed by atoms with Crippen LogP contribution in [0.5, 0.6) is 5.75 Å². The number of hydrogen-bond donors (Lipinski definition) is 2. The van der Waals surface area contributed by atoms with Gasteiger partial charge in [0.1, 0.15) is 5.75 Å². The molecule has 7 heteroatoms. The fraction of sp³-hybridized carbons (Fsp3) is 0.600. The summed E-state index contributed by atoms with van der Waals surface area (Å²) in [6.07, 6.45) is 2.37. The fourth-order valence-electron chi connectivity index (χ4n) is 3.04. The number of nitrogens with zero attached hydrogens (tertiary/aromatic N) is 2. The van der Waals surface area contributed by atoms with Crippen molar-refractivity contribution in [1.29, 1.82) is 0 Å². The van der Waals surface area contributed by atoms with Crippen molar-refractivity contribution in [2.45, 2.75) is 38.8 Å². The van der Waals surface area contributed by atoms with Gasteiger partial charge in [-0.15, -0.1) is 0 Å². The van der Waals surface area contributed by atoms with Crippen LogP contribution in [0.3, 0.4) is 0 Å². The molecule has 1 atom stereocenters. The quantitative estimate of drug-likeness (QED) is 0.390. The molecule has 1 fully saturated rings. The number of carbonyl (C=O) groups is 1. The summed E-state index contributed by atoms with van der Waals surface area (Å²) in [6, 6.07) is 8.27. The lowest BCUT2D eigenvalue weighted by Crippen LogP contribution is -2.44. The highest BCUT2D eigenvalue weighted by Gasteiger charge is 2.25. The van der Waals surface area contributed by atoms with E-state index in [1.807, 2.05) is 30.0 Å². The second kappa shape index (κ2) is 11.4. The van der Waals surface area contributed by atoms with E-state index in [2.05, 4.69) is 21.7 Å².